The number of benzene rings is 1. The van der Waals surface area contributed by atoms with Gasteiger partial charge in [-0.3, -0.25) is 9.59 Å². The summed E-state index contributed by atoms with van der Waals surface area (Å²) < 4.78 is 0. The van der Waals surface area contributed by atoms with Crippen LogP contribution in [0.3, 0.4) is 0 Å². The fraction of sp³-hybridized carbons (Fsp3) is 0.368. The Bertz CT molecular complexity index is 725. The van der Waals surface area contributed by atoms with Crippen molar-refractivity contribution in [1.82, 2.24) is 10.2 Å². The van der Waals surface area contributed by atoms with Crippen LogP contribution in [0.2, 0.25) is 0 Å². The first-order chi connectivity index (χ1) is 11.6. The van der Waals surface area contributed by atoms with Gasteiger partial charge in [-0.2, -0.15) is 0 Å². The maximum absolute atomic E-state index is 13.0. The second-order valence-electron chi connectivity index (χ2n) is 6.45. The van der Waals surface area contributed by atoms with Crippen molar-refractivity contribution in [1.29, 1.82) is 0 Å². The molecule has 3 rings (SSSR count). The second kappa shape index (κ2) is 7.18. The van der Waals surface area contributed by atoms with Crippen LogP contribution in [-0.2, 0) is 17.8 Å². The second-order valence-corrected chi connectivity index (χ2v) is 7.40. The van der Waals surface area contributed by atoms with Crippen molar-refractivity contribution in [3.63, 3.8) is 0 Å². The van der Waals surface area contributed by atoms with Crippen LogP contribution >= 0.6 is 11.3 Å². The molecule has 1 aliphatic rings. The number of amides is 2. The molecule has 2 aromatic rings. The van der Waals surface area contributed by atoms with E-state index in [0.717, 1.165) is 6.42 Å². The Morgan fingerprint density at radius 1 is 1.12 bits per heavy atom. The maximum Gasteiger partial charge on any atom is 0.262 e. The van der Waals surface area contributed by atoms with Crippen LogP contribution in [0.25, 0.3) is 0 Å². The fourth-order valence-corrected chi connectivity index (χ4v) is 3.64. The third kappa shape index (κ3) is 3.51. The summed E-state index contributed by atoms with van der Waals surface area (Å²) in [6, 6.07) is 11.4. The zero-order valence-corrected chi connectivity index (χ0v) is 14.8. The number of nitrogens with zero attached hydrogens (tertiary/aromatic N) is 1. The summed E-state index contributed by atoms with van der Waals surface area (Å²) in [5, 5.41) is 4.78. The summed E-state index contributed by atoms with van der Waals surface area (Å²) in [4.78, 5) is 27.8. The number of rotatable bonds is 4. The Balaban J connectivity index is 1.72. The zero-order chi connectivity index (χ0) is 17.1. The molecule has 24 heavy (non-hydrogen) atoms. The number of carbonyl (C=O) groups excluding carboxylic acids is 2. The highest BCUT2D eigenvalue weighted by molar-refractivity contribution is 7.12. The van der Waals surface area contributed by atoms with Gasteiger partial charge >= 0.3 is 0 Å². The third-order valence-electron chi connectivity index (χ3n) is 4.41. The van der Waals surface area contributed by atoms with Gasteiger partial charge in [0, 0.05) is 13.1 Å². The molecule has 0 bridgehead atoms. The molecule has 2 amide bonds. The first-order valence-corrected chi connectivity index (χ1v) is 9.14. The van der Waals surface area contributed by atoms with Gasteiger partial charge in [-0.1, -0.05) is 44.2 Å². The molecule has 0 spiro atoms. The molecule has 0 unspecified atom stereocenters. The van der Waals surface area contributed by atoms with Crippen LogP contribution in [0.5, 0.6) is 0 Å². The summed E-state index contributed by atoms with van der Waals surface area (Å²) in [6.07, 6.45) is 0.867. The van der Waals surface area contributed by atoms with Gasteiger partial charge in [0.1, 0.15) is 6.04 Å². The van der Waals surface area contributed by atoms with Crippen molar-refractivity contribution >= 4 is 23.2 Å². The molecule has 0 saturated carbocycles. The number of fused-ring (bicyclic) bond motifs is 1. The number of nitrogens with one attached hydrogen (secondary N) is 1. The van der Waals surface area contributed by atoms with Gasteiger partial charge in [0.15, 0.2) is 0 Å². The van der Waals surface area contributed by atoms with E-state index in [0.29, 0.717) is 18.0 Å². The molecule has 1 atom stereocenters. The molecule has 2 heterocycles. The van der Waals surface area contributed by atoms with Crippen molar-refractivity contribution in [2.75, 3.05) is 6.54 Å². The molecule has 0 aliphatic carbocycles. The Kier molecular flexibility index (Phi) is 5.00. The van der Waals surface area contributed by atoms with Crippen LogP contribution in [-0.4, -0.2) is 29.3 Å². The molecule has 0 fully saturated rings. The minimum atomic E-state index is -0.495. The van der Waals surface area contributed by atoms with E-state index < -0.39 is 6.04 Å². The van der Waals surface area contributed by atoms with Crippen molar-refractivity contribution in [3.8, 4) is 0 Å². The topological polar surface area (TPSA) is 49.4 Å². The van der Waals surface area contributed by atoms with E-state index in [-0.39, 0.29) is 17.7 Å². The van der Waals surface area contributed by atoms with Crippen molar-refractivity contribution in [3.05, 3.63) is 57.8 Å². The molecule has 1 N–H and O–H groups in total. The van der Waals surface area contributed by atoms with Gasteiger partial charge in [-0.15, -0.1) is 11.3 Å². The molecule has 0 saturated heterocycles. The average molecular weight is 342 g/mol. The van der Waals surface area contributed by atoms with Crippen LogP contribution in [0.15, 0.2) is 41.8 Å². The van der Waals surface area contributed by atoms with Gasteiger partial charge in [-0.25, -0.2) is 0 Å². The lowest BCUT2D eigenvalue weighted by Crippen LogP contribution is -2.52. The normalized spacial score (nSPS) is 15.0. The molecule has 1 aromatic carbocycles. The van der Waals surface area contributed by atoms with Gasteiger partial charge in [-0.05, 0) is 34.9 Å². The standard InChI is InChI=1S/C19H22N2O2S/c1-13(2)17(20-18(22)16-8-5-11-24-16)19(23)21-10-9-14-6-3-4-7-15(14)12-21/h3-8,11,13,17H,9-10,12H2,1-2H3,(H,20,22)/t17-/m0/s1. The number of carbonyl (C=O) groups is 2. The number of hydrogen-bond donors (Lipinski definition) is 1. The largest absolute Gasteiger partial charge is 0.339 e. The molecule has 5 heteroatoms. The van der Waals surface area contributed by atoms with E-state index in [1.807, 2.05) is 42.3 Å². The molecule has 1 aromatic heterocycles. The van der Waals surface area contributed by atoms with Gasteiger partial charge in [0.2, 0.25) is 5.91 Å². The van der Waals surface area contributed by atoms with E-state index in [9.17, 15) is 9.59 Å². The molecular formula is C19H22N2O2S. The zero-order valence-electron chi connectivity index (χ0n) is 14.0. The summed E-state index contributed by atoms with van der Waals surface area (Å²) in [5.74, 6) is -0.127. The maximum atomic E-state index is 13.0. The first-order valence-electron chi connectivity index (χ1n) is 8.26. The van der Waals surface area contributed by atoms with E-state index in [4.69, 9.17) is 0 Å². The fourth-order valence-electron chi connectivity index (χ4n) is 3.01. The Hall–Kier alpha value is -2.14. The van der Waals surface area contributed by atoms with Crippen LogP contribution < -0.4 is 5.32 Å². The third-order valence-corrected chi connectivity index (χ3v) is 5.28. The summed E-state index contributed by atoms with van der Waals surface area (Å²) in [7, 11) is 0. The van der Waals surface area contributed by atoms with Crippen LogP contribution in [0.4, 0.5) is 0 Å². The Morgan fingerprint density at radius 3 is 2.54 bits per heavy atom. The Morgan fingerprint density at radius 2 is 1.88 bits per heavy atom. The van der Waals surface area contributed by atoms with E-state index in [1.165, 1.54) is 22.5 Å². The van der Waals surface area contributed by atoms with Crippen molar-refractivity contribution < 1.29 is 9.59 Å². The van der Waals surface area contributed by atoms with E-state index in [2.05, 4.69) is 17.4 Å². The lowest BCUT2D eigenvalue weighted by atomic mass is 9.97. The summed E-state index contributed by atoms with van der Waals surface area (Å²) in [5.41, 5.74) is 2.51. The lowest BCUT2D eigenvalue weighted by molar-refractivity contribution is -0.135. The molecule has 4 nitrogen and oxygen atoms in total. The lowest BCUT2D eigenvalue weighted by Gasteiger charge is -2.33. The summed E-state index contributed by atoms with van der Waals surface area (Å²) in [6.45, 7) is 5.26. The van der Waals surface area contributed by atoms with E-state index >= 15 is 0 Å². The van der Waals surface area contributed by atoms with Crippen LogP contribution in [0, 0.1) is 5.92 Å². The highest BCUT2D eigenvalue weighted by atomic mass is 32.1. The number of thiophene rings is 1. The van der Waals surface area contributed by atoms with Crippen molar-refractivity contribution in [2.24, 2.45) is 5.92 Å². The highest BCUT2D eigenvalue weighted by Crippen LogP contribution is 2.20. The SMILES string of the molecule is CC(C)[C@H](NC(=O)c1cccs1)C(=O)N1CCc2ccccc2C1. The monoisotopic (exact) mass is 342 g/mol. The quantitative estimate of drug-likeness (QED) is 0.928. The molecule has 1 aliphatic heterocycles. The highest BCUT2D eigenvalue weighted by Gasteiger charge is 2.30. The van der Waals surface area contributed by atoms with Crippen LogP contribution in [0.1, 0.15) is 34.6 Å². The summed E-state index contributed by atoms with van der Waals surface area (Å²) >= 11 is 1.39. The Labute approximate surface area is 146 Å². The van der Waals surface area contributed by atoms with Gasteiger partial charge < -0.3 is 10.2 Å². The first kappa shape index (κ1) is 16.7. The number of hydrogen-bond acceptors (Lipinski definition) is 3. The minimum Gasteiger partial charge on any atom is -0.339 e. The van der Waals surface area contributed by atoms with Gasteiger partial charge in [0.05, 0.1) is 4.88 Å². The molecule has 0 radical (unpaired) electrons. The predicted octanol–water partition coefficient (Wildman–Crippen LogP) is 3.09. The van der Waals surface area contributed by atoms with E-state index in [1.54, 1.807) is 6.07 Å². The molecule has 126 valence electrons. The molecular weight excluding hydrogens is 320 g/mol. The predicted molar refractivity (Wildman–Crippen MR) is 96.0 cm³/mol. The smallest absolute Gasteiger partial charge is 0.262 e. The minimum absolute atomic E-state index is 0.00408. The average Bonchev–Trinajstić information content (AvgIpc) is 3.13. The van der Waals surface area contributed by atoms with Gasteiger partial charge in [0.25, 0.3) is 5.91 Å². The van der Waals surface area contributed by atoms with Crippen molar-refractivity contribution in [2.45, 2.75) is 32.9 Å².